The van der Waals surface area contributed by atoms with Gasteiger partial charge in [0, 0.05) is 20.2 Å². The third-order valence-electron chi connectivity index (χ3n) is 3.11. The van der Waals surface area contributed by atoms with Crippen LogP contribution in [0.5, 0.6) is 0 Å². The van der Waals surface area contributed by atoms with Gasteiger partial charge in [0.15, 0.2) is 0 Å². The number of rotatable bonds is 3. The van der Waals surface area contributed by atoms with Crippen LogP contribution in [0.2, 0.25) is 5.02 Å². The van der Waals surface area contributed by atoms with Crippen molar-refractivity contribution in [2.45, 2.75) is 18.9 Å². The van der Waals surface area contributed by atoms with Crippen LogP contribution in [0.25, 0.3) is 0 Å². The SMILES string of the molecule is CN(CC1CCCO1)C(=O)c1cccc(N)c1Cl. The van der Waals surface area contributed by atoms with Crippen LogP contribution >= 0.6 is 11.6 Å². The predicted molar refractivity (Wildman–Crippen MR) is 71.8 cm³/mol. The lowest BCUT2D eigenvalue weighted by Gasteiger charge is -2.21. The second kappa shape index (κ2) is 5.59. The molecule has 1 aliphatic rings. The maximum Gasteiger partial charge on any atom is 0.255 e. The minimum atomic E-state index is -0.122. The van der Waals surface area contributed by atoms with E-state index in [1.807, 2.05) is 0 Å². The highest BCUT2D eigenvalue weighted by Crippen LogP contribution is 2.24. The summed E-state index contributed by atoms with van der Waals surface area (Å²) in [7, 11) is 1.75. The molecule has 1 aromatic carbocycles. The van der Waals surface area contributed by atoms with Gasteiger partial charge in [0.25, 0.3) is 5.91 Å². The molecule has 2 N–H and O–H groups in total. The van der Waals surface area contributed by atoms with E-state index < -0.39 is 0 Å². The Labute approximate surface area is 112 Å². The molecule has 0 aliphatic carbocycles. The summed E-state index contributed by atoms with van der Waals surface area (Å²) in [6, 6.07) is 5.10. The van der Waals surface area contributed by atoms with Crippen molar-refractivity contribution in [2.75, 3.05) is 25.9 Å². The summed E-state index contributed by atoms with van der Waals surface area (Å²) < 4.78 is 5.51. The lowest BCUT2D eigenvalue weighted by Crippen LogP contribution is -2.34. The van der Waals surface area contributed by atoms with Crippen LogP contribution in [-0.4, -0.2) is 37.1 Å². The number of amides is 1. The summed E-state index contributed by atoms with van der Waals surface area (Å²) in [5, 5.41) is 0.321. The molecule has 1 aromatic rings. The zero-order chi connectivity index (χ0) is 13.1. The fraction of sp³-hybridized carbons (Fsp3) is 0.462. The van der Waals surface area contributed by atoms with Gasteiger partial charge >= 0.3 is 0 Å². The van der Waals surface area contributed by atoms with Crippen LogP contribution in [0.15, 0.2) is 18.2 Å². The van der Waals surface area contributed by atoms with E-state index in [9.17, 15) is 4.79 Å². The van der Waals surface area contributed by atoms with Crippen LogP contribution in [0.4, 0.5) is 5.69 Å². The maximum atomic E-state index is 12.2. The number of ether oxygens (including phenoxy) is 1. The molecular formula is C13H17ClN2O2. The number of likely N-dealkylation sites (N-methyl/N-ethyl adjacent to an activating group) is 1. The van der Waals surface area contributed by atoms with Gasteiger partial charge in [-0.2, -0.15) is 0 Å². The molecule has 0 radical (unpaired) electrons. The molecule has 0 saturated carbocycles. The van der Waals surface area contributed by atoms with Crippen molar-refractivity contribution in [1.82, 2.24) is 4.90 Å². The number of hydrogen-bond acceptors (Lipinski definition) is 3. The molecule has 18 heavy (non-hydrogen) atoms. The highest BCUT2D eigenvalue weighted by molar-refractivity contribution is 6.36. The average Bonchev–Trinajstić information content (AvgIpc) is 2.84. The molecule has 1 atom stereocenters. The topological polar surface area (TPSA) is 55.6 Å². The molecule has 0 spiro atoms. The number of benzene rings is 1. The fourth-order valence-corrected chi connectivity index (χ4v) is 2.30. The Hall–Kier alpha value is -1.26. The smallest absolute Gasteiger partial charge is 0.255 e. The molecule has 1 fully saturated rings. The first-order valence-corrected chi connectivity index (χ1v) is 6.38. The lowest BCUT2D eigenvalue weighted by atomic mass is 10.1. The monoisotopic (exact) mass is 268 g/mol. The van der Waals surface area contributed by atoms with E-state index in [2.05, 4.69) is 0 Å². The maximum absolute atomic E-state index is 12.2. The van der Waals surface area contributed by atoms with Crippen LogP contribution in [0.3, 0.4) is 0 Å². The molecule has 4 nitrogen and oxygen atoms in total. The van der Waals surface area contributed by atoms with E-state index in [0.29, 0.717) is 22.8 Å². The summed E-state index contributed by atoms with van der Waals surface area (Å²) in [6.45, 7) is 1.37. The first kappa shape index (κ1) is 13.2. The van der Waals surface area contributed by atoms with Gasteiger partial charge in [-0.1, -0.05) is 17.7 Å². The number of nitrogens with two attached hydrogens (primary N) is 1. The van der Waals surface area contributed by atoms with Crippen LogP contribution in [-0.2, 0) is 4.74 Å². The molecule has 1 saturated heterocycles. The van der Waals surface area contributed by atoms with Crippen molar-refractivity contribution >= 4 is 23.2 Å². The highest BCUT2D eigenvalue weighted by atomic mass is 35.5. The Morgan fingerprint density at radius 1 is 1.61 bits per heavy atom. The van der Waals surface area contributed by atoms with Gasteiger partial charge in [-0.3, -0.25) is 4.79 Å². The number of carbonyl (C=O) groups excluding carboxylic acids is 1. The number of nitrogen functional groups attached to an aromatic ring is 1. The van der Waals surface area contributed by atoms with E-state index in [1.165, 1.54) is 0 Å². The molecule has 2 rings (SSSR count). The van der Waals surface area contributed by atoms with Gasteiger partial charge in [0.2, 0.25) is 0 Å². The molecule has 1 unspecified atom stereocenters. The second-order valence-electron chi connectivity index (χ2n) is 4.53. The lowest BCUT2D eigenvalue weighted by molar-refractivity contribution is 0.0587. The van der Waals surface area contributed by atoms with Gasteiger partial charge in [-0.25, -0.2) is 0 Å². The number of hydrogen-bond donors (Lipinski definition) is 1. The van der Waals surface area contributed by atoms with Gasteiger partial charge in [-0.15, -0.1) is 0 Å². The molecule has 98 valence electrons. The minimum absolute atomic E-state index is 0.122. The highest BCUT2D eigenvalue weighted by Gasteiger charge is 2.22. The van der Waals surface area contributed by atoms with Gasteiger partial charge in [-0.05, 0) is 25.0 Å². The van der Waals surface area contributed by atoms with Crippen molar-refractivity contribution in [3.8, 4) is 0 Å². The average molecular weight is 269 g/mol. The van der Waals surface area contributed by atoms with Crippen molar-refractivity contribution in [1.29, 1.82) is 0 Å². The van der Waals surface area contributed by atoms with Crippen LogP contribution in [0.1, 0.15) is 23.2 Å². The Balaban J connectivity index is 2.07. The number of nitrogens with zero attached hydrogens (tertiary/aromatic N) is 1. The summed E-state index contributed by atoms with van der Waals surface area (Å²) >= 11 is 6.05. The Morgan fingerprint density at radius 2 is 2.39 bits per heavy atom. The zero-order valence-corrected chi connectivity index (χ0v) is 11.1. The standard InChI is InChI=1S/C13H17ClN2O2/c1-16(8-9-4-3-7-18-9)13(17)10-5-2-6-11(15)12(10)14/h2,5-6,9H,3-4,7-8,15H2,1H3. The second-order valence-corrected chi connectivity index (χ2v) is 4.91. The largest absolute Gasteiger partial charge is 0.398 e. The molecule has 0 bridgehead atoms. The quantitative estimate of drug-likeness (QED) is 0.855. The van der Waals surface area contributed by atoms with Crippen LogP contribution in [0, 0.1) is 0 Å². The zero-order valence-electron chi connectivity index (χ0n) is 10.4. The molecule has 1 amide bonds. The van der Waals surface area contributed by atoms with E-state index in [-0.39, 0.29) is 12.0 Å². The number of carbonyl (C=O) groups is 1. The van der Waals surface area contributed by atoms with Crippen molar-refractivity contribution in [3.05, 3.63) is 28.8 Å². The van der Waals surface area contributed by atoms with E-state index in [0.717, 1.165) is 19.4 Å². The van der Waals surface area contributed by atoms with E-state index >= 15 is 0 Å². The Morgan fingerprint density at radius 3 is 3.06 bits per heavy atom. The summed E-state index contributed by atoms with van der Waals surface area (Å²) in [5.74, 6) is -0.122. The fourth-order valence-electron chi connectivity index (χ4n) is 2.10. The Bertz CT molecular complexity index is 445. The first-order valence-electron chi connectivity index (χ1n) is 6.00. The van der Waals surface area contributed by atoms with Crippen molar-refractivity contribution in [3.63, 3.8) is 0 Å². The predicted octanol–water partition coefficient (Wildman–Crippen LogP) is 2.17. The molecule has 0 aromatic heterocycles. The molecule has 5 heteroatoms. The third kappa shape index (κ3) is 2.76. The van der Waals surface area contributed by atoms with Crippen molar-refractivity contribution in [2.24, 2.45) is 0 Å². The molecule has 1 heterocycles. The van der Waals surface area contributed by atoms with Crippen LogP contribution < -0.4 is 5.73 Å². The summed E-state index contributed by atoms with van der Waals surface area (Å²) in [5.41, 5.74) is 6.56. The normalized spacial score (nSPS) is 18.9. The summed E-state index contributed by atoms with van der Waals surface area (Å²) in [4.78, 5) is 13.9. The first-order chi connectivity index (χ1) is 8.59. The van der Waals surface area contributed by atoms with E-state index in [4.69, 9.17) is 22.1 Å². The van der Waals surface area contributed by atoms with E-state index in [1.54, 1.807) is 30.1 Å². The number of halogens is 1. The Kier molecular flexibility index (Phi) is 4.09. The molecular weight excluding hydrogens is 252 g/mol. The number of anilines is 1. The third-order valence-corrected chi connectivity index (χ3v) is 3.53. The van der Waals surface area contributed by atoms with Gasteiger partial charge < -0.3 is 15.4 Å². The minimum Gasteiger partial charge on any atom is -0.398 e. The van der Waals surface area contributed by atoms with Gasteiger partial charge in [0.1, 0.15) is 0 Å². The summed E-state index contributed by atoms with van der Waals surface area (Å²) in [6.07, 6.45) is 2.20. The van der Waals surface area contributed by atoms with Gasteiger partial charge in [0.05, 0.1) is 22.4 Å². The van der Waals surface area contributed by atoms with Crippen molar-refractivity contribution < 1.29 is 9.53 Å². The molecule has 1 aliphatic heterocycles.